The van der Waals surface area contributed by atoms with Crippen molar-refractivity contribution in [2.45, 2.75) is 6.92 Å². The normalized spacial score (nSPS) is 9.71. The molecule has 0 aliphatic heterocycles. The van der Waals surface area contributed by atoms with E-state index >= 15 is 0 Å². The lowest BCUT2D eigenvalue weighted by Gasteiger charge is -2.00. The van der Waals surface area contributed by atoms with E-state index in [1.807, 2.05) is 0 Å². The predicted octanol–water partition coefficient (Wildman–Crippen LogP) is 1.40. The van der Waals surface area contributed by atoms with Crippen molar-refractivity contribution in [2.24, 2.45) is 0 Å². The quantitative estimate of drug-likeness (QED) is 0.324. The first-order valence-electron chi connectivity index (χ1n) is 1.69. The fourth-order valence-corrected chi connectivity index (χ4v) is 0.164. The molecule has 0 fully saturated rings. The molecule has 0 amide bonds. The zero-order valence-electron chi connectivity index (χ0n) is 3.71. The summed E-state index contributed by atoms with van der Waals surface area (Å²) in [5.41, 5.74) is 0. The molecule has 0 aliphatic carbocycles. The summed E-state index contributed by atoms with van der Waals surface area (Å²) in [6.07, 6.45) is 0. The van der Waals surface area contributed by atoms with Crippen LogP contribution >= 0.6 is 0 Å². The van der Waals surface area contributed by atoms with Crippen LogP contribution in [-0.4, -0.2) is 6.98 Å². The first-order valence-corrected chi connectivity index (χ1v) is 1.69. The van der Waals surface area contributed by atoms with Crippen LogP contribution in [-0.2, 0) is 0 Å². The van der Waals surface area contributed by atoms with E-state index in [2.05, 4.69) is 0 Å². The summed E-state index contributed by atoms with van der Waals surface area (Å²) in [7, 11) is 0. The molecule has 0 aromatic rings. The molecule has 0 aliphatic rings. The van der Waals surface area contributed by atoms with Gasteiger partial charge in [-0.25, -0.2) is 5.82 Å². The lowest BCUT2D eigenvalue weighted by atomic mass is 9.94. The third kappa shape index (κ3) is 5.41. The summed E-state index contributed by atoms with van der Waals surface area (Å²) in [5, 5.41) is 0. The van der Waals surface area contributed by atoms with Gasteiger partial charge in [0.05, 0.1) is 0 Å². The lowest BCUT2D eigenvalue weighted by Crippen LogP contribution is -2.10. The Hall–Kier alpha value is -0.585. The average Bonchev–Trinajstić information content (AvgIpc) is 1.30. The Morgan fingerprint density at radius 3 is 1.71 bits per heavy atom. The van der Waals surface area contributed by atoms with E-state index < -0.39 is 6.98 Å². The van der Waals surface area contributed by atoms with E-state index in [4.69, 9.17) is 0 Å². The molecule has 7 heavy (non-hydrogen) atoms. The van der Waals surface area contributed by atoms with Crippen LogP contribution in [0.5, 0.6) is 0 Å². The van der Waals surface area contributed by atoms with Gasteiger partial charge in [-0.1, -0.05) is 0 Å². The molecule has 0 atom stereocenters. The minimum Gasteiger partial charge on any atom is -0.438 e. The maximum Gasteiger partial charge on any atom is 0.557 e. The Kier molecular flexibility index (Phi) is 1.76. The van der Waals surface area contributed by atoms with E-state index in [0.29, 0.717) is 0 Å². The minimum atomic E-state index is -4.85. The molecular weight excluding hydrogens is 104 g/mol. The van der Waals surface area contributed by atoms with Crippen molar-refractivity contribution in [3.05, 3.63) is 0 Å². The highest BCUT2D eigenvalue weighted by molar-refractivity contribution is 6.67. The minimum absolute atomic E-state index is 1.10. The van der Waals surface area contributed by atoms with Gasteiger partial charge in [-0.05, 0) is 6.92 Å². The van der Waals surface area contributed by atoms with Crippen molar-refractivity contribution < 1.29 is 12.9 Å². The number of hydrogen-bond acceptors (Lipinski definition) is 0. The van der Waals surface area contributed by atoms with E-state index in [9.17, 15) is 12.9 Å². The second kappa shape index (κ2) is 1.92. The first-order chi connectivity index (χ1) is 3.06. The van der Waals surface area contributed by atoms with Crippen molar-refractivity contribution in [1.82, 2.24) is 0 Å². The number of rotatable bonds is 0. The molecule has 0 unspecified atom stereocenters. The van der Waals surface area contributed by atoms with Gasteiger partial charge in [0.15, 0.2) is 0 Å². The molecule has 0 aromatic carbocycles. The highest BCUT2D eigenvalue weighted by Crippen LogP contribution is 2.04. The summed E-state index contributed by atoms with van der Waals surface area (Å²) in [4.78, 5) is 0. The maximum absolute atomic E-state index is 10.9. The van der Waals surface area contributed by atoms with Crippen LogP contribution < -0.4 is 0 Å². The Morgan fingerprint density at radius 2 is 1.71 bits per heavy atom. The van der Waals surface area contributed by atoms with Crippen LogP contribution in [0.2, 0.25) is 0 Å². The molecule has 0 bridgehead atoms. The fourth-order valence-electron chi connectivity index (χ4n) is 0.164. The number of hydrogen-bond donors (Lipinski definition) is 0. The molecule has 0 aromatic heterocycles. The predicted molar refractivity (Wildman–Crippen MR) is 22.5 cm³/mol. The second-order valence-electron chi connectivity index (χ2n) is 0.969. The topological polar surface area (TPSA) is 0 Å². The largest absolute Gasteiger partial charge is 0.557 e. The van der Waals surface area contributed by atoms with Gasteiger partial charge in [-0.2, -0.15) is 0 Å². The van der Waals surface area contributed by atoms with E-state index in [1.165, 1.54) is 0 Å². The molecule has 0 heterocycles. The smallest absolute Gasteiger partial charge is 0.438 e. The van der Waals surface area contributed by atoms with Crippen LogP contribution in [0.3, 0.4) is 0 Å². The van der Waals surface area contributed by atoms with Crippen LogP contribution in [0.4, 0.5) is 12.9 Å². The highest BCUT2D eigenvalue weighted by Gasteiger charge is 2.17. The van der Waals surface area contributed by atoms with Gasteiger partial charge in [0, 0.05) is 0 Å². The van der Waals surface area contributed by atoms with Gasteiger partial charge in [-0.3, -0.25) is 0 Å². The monoisotopic (exact) mass is 107 g/mol. The van der Waals surface area contributed by atoms with Crippen molar-refractivity contribution >= 4 is 6.98 Å². The zero-order chi connectivity index (χ0) is 5.91. The molecule has 0 spiro atoms. The first kappa shape index (κ1) is 6.41. The van der Waals surface area contributed by atoms with Gasteiger partial charge in [-0.15, -0.1) is 5.92 Å². The van der Waals surface area contributed by atoms with Gasteiger partial charge < -0.3 is 12.9 Å². The van der Waals surface area contributed by atoms with Crippen LogP contribution in [0.1, 0.15) is 6.92 Å². The molecule has 0 saturated carbocycles. The SMILES string of the molecule is CC#C[B-](F)(F)F. The van der Waals surface area contributed by atoms with Crippen LogP contribution in [0, 0.1) is 11.7 Å². The molecule has 4 heteroatoms. The van der Waals surface area contributed by atoms with E-state index in [0.717, 1.165) is 12.7 Å². The van der Waals surface area contributed by atoms with E-state index in [1.54, 1.807) is 5.92 Å². The third-order valence-corrected chi connectivity index (χ3v) is 0.308. The molecule has 0 saturated heterocycles. The second-order valence-corrected chi connectivity index (χ2v) is 0.969. The average molecular weight is 107 g/mol. The lowest BCUT2D eigenvalue weighted by molar-refractivity contribution is 0.504. The summed E-state index contributed by atoms with van der Waals surface area (Å²) in [5.74, 6) is 2.86. The van der Waals surface area contributed by atoms with Crippen molar-refractivity contribution in [3.8, 4) is 11.7 Å². The van der Waals surface area contributed by atoms with Crippen molar-refractivity contribution in [1.29, 1.82) is 0 Å². The van der Waals surface area contributed by atoms with Crippen LogP contribution in [0.15, 0.2) is 0 Å². The molecule has 0 nitrogen and oxygen atoms in total. The van der Waals surface area contributed by atoms with Crippen molar-refractivity contribution in [2.75, 3.05) is 0 Å². The maximum atomic E-state index is 10.9. The summed E-state index contributed by atoms with van der Waals surface area (Å²) in [6.45, 7) is -3.69. The summed E-state index contributed by atoms with van der Waals surface area (Å²) >= 11 is 0. The van der Waals surface area contributed by atoms with Gasteiger partial charge in [0.1, 0.15) is 0 Å². The number of halogens is 3. The van der Waals surface area contributed by atoms with Gasteiger partial charge >= 0.3 is 6.98 Å². The Bertz CT molecular complexity index is 104. The molecular formula is C3H3BF3-. The van der Waals surface area contributed by atoms with Crippen LogP contribution in [0.25, 0.3) is 0 Å². The third-order valence-electron chi connectivity index (χ3n) is 0.308. The highest BCUT2D eigenvalue weighted by atomic mass is 19.4. The summed E-state index contributed by atoms with van der Waals surface area (Å²) in [6, 6.07) is 0. The Balaban J connectivity index is 3.72. The summed E-state index contributed by atoms with van der Waals surface area (Å²) < 4.78 is 32.8. The molecule has 0 radical (unpaired) electrons. The van der Waals surface area contributed by atoms with Gasteiger partial charge in [0.25, 0.3) is 0 Å². The zero-order valence-corrected chi connectivity index (χ0v) is 3.71. The van der Waals surface area contributed by atoms with Gasteiger partial charge in [0.2, 0.25) is 0 Å². The Labute approximate surface area is 39.8 Å². The molecule has 40 valence electrons. The van der Waals surface area contributed by atoms with E-state index in [-0.39, 0.29) is 0 Å². The molecule has 0 rings (SSSR count). The fraction of sp³-hybridized carbons (Fsp3) is 0.333. The molecule has 0 N–H and O–H groups in total. The standard InChI is InChI=1S/C3H3BF3/c1-2-3-4(5,6)7/h1H3/q-1. The van der Waals surface area contributed by atoms with Crippen molar-refractivity contribution in [3.63, 3.8) is 0 Å². The Morgan fingerprint density at radius 1 is 1.29 bits per heavy atom.